The van der Waals surface area contributed by atoms with Gasteiger partial charge in [-0.3, -0.25) is 4.79 Å². The van der Waals surface area contributed by atoms with Crippen LogP contribution in [0.4, 0.5) is 0 Å². The maximum Gasteiger partial charge on any atom is 0.314 e. The van der Waals surface area contributed by atoms with Crippen LogP contribution in [-0.2, 0) is 9.53 Å². The van der Waals surface area contributed by atoms with Gasteiger partial charge in [0, 0.05) is 5.56 Å². The Balaban J connectivity index is 1.77. The van der Waals surface area contributed by atoms with Crippen molar-refractivity contribution in [1.29, 1.82) is 5.26 Å². The van der Waals surface area contributed by atoms with Gasteiger partial charge in [0.05, 0.1) is 5.41 Å². The van der Waals surface area contributed by atoms with Crippen molar-refractivity contribution in [3.05, 3.63) is 71.7 Å². The lowest BCUT2D eigenvalue weighted by Crippen LogP contribution is -2.23. The molecule has 5 heteroatoms. The van der Waals surface area contributed by atoms with Crippen LogP contribution in [0.2, 0.25) is 0 Å². The Hall–Kier alpha value is -3.00. The van der Waals surface area contributed by atoms with E-state index >= 15 is 0 Å². The lowest BCUT2D eigenvalue weighted by molar-refractivity contribution is -0.154. The normalized spacial score (nSPS) is 23.6. The number of hydrogen-bond donors (Lipinski definition) is 0. The fourth-order valence-electron chi connectivity index (χ4n) is 3.82. The van der Waals surface area contributed by atoms with Crippen molar-refractivity contribution in [3.63, 3.8) is 0 Å². The van der Waals surface area contributed by atoms with Gasteiger partial charge in [-0.15, -0.1) is 5.47 Å². The summed E-state index contributed by atoms with van der Waals surface area (Å²) in [7, 11) is 5.82. The molecular formula is C24H24BNO3. The molecule has 0 N–H and O–H groups in total. The third-order valence-corrected chi connectivity index (χ3v) is 5.99. The summed E-state index contributed by atoms with van der Waals surface area (Å²) in [5.41, 5.74) is 0.227. The molecule has 1 fully saturated rings. The molecule has 2 radical (unpaired) electrons. The first kappa shape index (κ1) is 20.7. The Labute approximate surface area is 173 Å². The molecule has 1 saturated carbocycles. The van der Waals surface area contributed by atoms with Crippen molar-refractivity contribution in [1.82, 2.24) is 0 Å². The van der Waals surface area contributed by atoms with E-state index in [1.807, 2.05) is 57.2 Å². The van der Waals surface area contributed by atoms with Gasteiger partial charge in [0.2, 0.25) is 6.10 Å². The van der Waals surface area contributed by atoms with Crippen LogP contribution in [0, 0.1) is 28.1 Å². The van der Waals surface area contributed by atoms with Gasteiger partial charge in [0.25, 0.3) is 0 Å². The Morgan fingerprint density at radius 1 is 1.14 bits per heavy atom. The van der Waals surface area contributed by atoms with Crippen molar-refractivity contribution in [2.75, 3.05) is 0 Å². The smallest absolute Gasteiger partial charge is 0.314 e. The zero-order valence-electron chi connectivity index (χ0n) is 17.2. The van der Waals surface area contributed by atoms with E-state index in [9.17, 15) is 10.1 Å². The van der Waals surface area contributed by atoms with Gasteiger partial charge in [0.15, 0.2) is 0 Å². The molecule has 2 aromatic carbocycles. The number of rotatable bonds is 6. The van der Waals surface area contributed by atoms with Crippen molar-refractivity contribution in [2.24, 2.45) is 16.7 Å². The number of ether oxygens (including phenoxy) is 2. The maximum absolute atomic E-state index is 13.0. The molecule has 1 aliphatic rings. The van der Waals surface area contributed by atoms with Crippen LogP contribution in [0.5, 0.6) is 11.5 Å². The van der Waals surface area contributed by atoms with Crippen LogP contribution in [0.25, 0.3) is 0 Å². The van der Waals surface area contributed by atoms with Crippen molar-refractivity contribution in [3.8, 4) is 17.6 Å². The Bertz CT molecular complexity index is 973. The average molecular weight is 385 g/mol. The standard InChI is InChI=1S/C24H24BNO3/c1-16(25)13-21-23(2,3)24(21,4)22(27)29-20(15-26)17-9-8-12-19(14-17)28-18-10-6-5-7-11-18/h5-14,20-21H,1-4H3/b16-13+. The molecule has 0 bridgehead atoms. The quantitative estimate of drug-likeness (QED) is 0.499. The molecule has 0 heterocycles. The molecule has 3 rings (SSSR count). The average Bonchev–Trinajstić information content (AvgIpc) is 3.12. The van der Waals surface area contributed by atoms with Crippen LogP contribution in [0.15, 0.2) is 66.1 Å². The van der Waals surface area contributed by atoms with Gasteiger partial charge in [-0.05, 0) is 42.5 Å². The second-order valence-electron chi connectivity index (χ2n) is 8.21. The SMILES string of the molecule is [B]/C(C)=C/C1C(C)(C)C1(C)C(=O)OC(C#N)c1cccc(Oc2ccccc2)c1. The molecule has 0 amide bonds. The van der Waals surface area contributed by atoms with Crippen molar-refractivity contribution >= 4 is 13.8 Å². The van der Waals surface area contributed by atoms with Gasteiger partial charge >= 0.3 is 5.97 Å². The number of esters is 1. The molecule has 4 nitrogen and oxygen atoms in total. The van der Waals surface area contributed by atoms with Crippen LogP contribution in [0.1, 0.15) is 39.4 Å². The zero-order valence-corrected chi connectivity index (χ0v) is 17.2. The van der Waals surface area contributed by atoms with Crippen LogP contribution >= 0.6 is 0 Å². The van der Waals surface area contributed by atoms with E-state index in [0.29, 0.717) is 22.5 Å². The van der Waals surface area contributed by atoms with Crippen LogP contribution in [-0.4, -0.2) is 13.8 Å². The van der Waals surface area contributed by atoms with Gasteiger partial charge < -0.3 is 9.47 Å². The molecule has 3 unspecified atom stereocenters. The third-order valence-electron chi connectivity index (χ3n) is 5.99. The van der Waals surface area contributed by atoms with Gasteiger partial charge in [-0.1, -0.05) is 57.2 Å². The lowest BCUT2D eigenvalue weighted by Gasteiger charge is -2.18. The minimum absolute atomic E-state index is 0.0282. The van der Waals surface area contributed by atoms with E-state index in [1.165, 1.54) is 0 Å². The van der Waals surface area contributed by atoms with E-state index in [2.05, 4.69) is 6.07 Å². The highest BCUT2D eigenvalue weighted by atomic mass is 16.5. The first-order valence-electron chi connectivity index (χ1n) is 9.57. The molecule has 29 heavy (non-hydrogen) atoms. The summed E-state index contributed by atoms with van der Waals surface area (Å²) < 4.78 is 11.5. The number of hydrogen-bond acceptors (Lipinski definition) is 4. The van der Waals surface area contributed by atoms with Crippen LogP contribution < -0.4 is 4.74 Å². The highest BCUT2D eigenvalue weighted by Crippen LogP contribution is 2.70. The first-order valence-corrected chi connectivity index (χ1v) is 9.57. The number of benzene rings is 2. The molecule has 0 spiro atoms. The van der Waals surface area contributed by atoms with Crippen molar-refractivity contribution < 1.29 is 14.3 Å². The summed E-state index contributed by atoms with van der Waals surface area (Å²) >= 11 is 0. The van der Waals surface area contributed by atoms with E-state index in [0.717, 1.165) is 0 Å². The number of carbonyl (C=O) groups excluding carboxylic acids is 1. The first-order chi connectivity index (χ1) is 13.7. The predicted molar refractivity (Wildman–Crippen MR) is 112 cm³/mol. The van der Waals surface area contributed by atoms with Crippen molar-refractivity contribution in [2.45, 2.75) is 33.8 Å². The van der Waals surface area contributed by atoms with E-state index < -0.39 is 17.5 Å². The highest BCUT2D eigenvalue weighted by Gasteiger charge is 2.72. The van der Waals surface area contributed by atoms with E-state index in [1.54, 1.807) is 31.2 Å². The molecule has 3 atom stereocenters. The van der Waals surface area contributed by atoms with E-state index in [4.69, 9.17) is 17.3 Å². The molecule has 146 valence electrons. The number of nitriles is 1. The second kappa shape index (κ2) is 7.79. The van der Waals surface area contributed by atoms with E-state index in [-0.39, 0.29) is 11.3 Å². The highest BCUT2D eigenvalue weighted by molar-refractivity contribution is 6.21. The number of allylic oxidation sites excluding steroid dienone is 2. The monoisotopic (exact) mass is 385 g/mol. The molecular weight excluding hydrogens is 361 g/mol. The maximum atomic E-state index is 13.0. The largest absolute Gasteiger partial charge is 0.457 e. The fraction of sp³-hybridized carbons (Fsp3) is 0.333. The summed E-state index contributed by atoms with van der Waals surface area (Å²) in [6.07, 6.45) is 0.885. The van der Waals surface area contributed by atoms with Gasteiger partial charge in [-0.25, -0.2) is 0 Å². The predicted octanol–water partition coefficient (Wildman–Crippen LogP) is 5.32. The van der Waals surface area contributed by atoms with Gasteiger partial charge in [0.1, 0.15) is 25.4 Å². The number of nitrogens with zero attached hydrogens (tertiary/aromatic N) is 1. The molecule has 0 aromatic heterocycles. The Kier molecular flexibility index (Phi) is 5.57. The molecule has 1 aliphatic carbocycles. The topological polar surface area (TPSA) is 59.3 Å². The Morgan fingerprint density at radius 3 is 2.41 bits per heavy atom. The summed E-state index contributed by atoms with van der Waals surface area (Å²) in [4.78, 5) is 13.0. The third kappa shape index (κ3) is 3.93. The number of para-hydroxylation sites is 1. The lowest BCUT2D eigenvalue weighted by atomic mass is 9.94. The second-order valence-corrected chi connectivity index (χ2v) is 8.21. The fourth-order valence-corrected chi connectivity index (χ4v) is 3.82. The summed E-state index contributed by atoms with van der Waals surface area (Å²) in [5.74, 6) is 0.835. The Morgan fingerprint density at radius 2 is 1.79 bits per heavy atom. The minimum Gasteiger partial charge on any atom is -0.457 e. The summed E-state index contributed by atoms with van der Waals surface area (Å²) in [6, 6.07) is 18.5. The minimum atomic E-state index is -1.02. The summed E-state index contributed by atoms with van der Waals surface area (Å²) in [5, 5.41) is 9.64. The molecule has 0 aliphatic heterocycles. The van der Waals surface area contributed by atoms with Gasteiger partial charge in [-0.2, -0.15) is 5.26 Å². The molecule has 0 saturated heterocycles. The zero-order chi connectivity index (χ0) is 21.2. The molecule has 2 aromatic rings. The number of carbonyl (C=O) groups is 1. The summed E-state index contributed by atoms with van der Waals surface area (Å²) in [6.45, 7) is 7.68. The van der Waals surface area contributed by atoms with Crippen LogP contribution in [0.3, 0.4) is 0 Å².